The van der Waals surface area contributed by atoms with Crippen molar-refractivity contribution in [3.8, 4) is 5.75 Å². The minimum Gasteiger partial charge on any atom is -0.506 e. The molecule has 6 nitrogen and oxygen atoms in total. The van der Waals surface area contributed by atoms with Gasteiger partial charge in [-0.05, 0) is 35.9 Å². The molecule has 0 spiro atoms. The third kappa shape index (κ3) is 3.90. The Hall–Kier alpha value is -3.15. The standard InChI is InChI=1S/C15H12N2O4/c18-13-5-4-11(15(20)21)8-12(13)17-14(19)6-3-10-2-1-7-16-9-10/h1-9,18H,(H,17,19)(H,20,21)/b6-3+. The predicted octanol–water partition coefficient (Wildman–Crippen LogP) is 2.14. The fourth-order valence-corrected chi connectivity index (χ4v) is 1.59. The zero-order valence-electron chi connectivity index (χ0n) is 10.9. The van der Waals surface area contributed by atoms with Crippen molar-refractivity contribution in [3.63, 3.8) is 0 Å². The van der Waals surface area contributed by atoms with Gasteiger partial charge in [0.15, 0.2) is 0 Å². The van der Waals surface area contributed by atoms with Gasteiger partial charge >= 0.3 is 5.97 Å². The van der Waals surface area contributed by atoms with Crippen molar-refractivity contribution >= 4 is 23.6 Å². The van der Waals surface area contributed by atoms with Crippen molar-refractivity contribution in [2.45, 2.75) is 0 Å². The number of carboxylic acids is 1. The van der Waals surface area contributed by atoms with Crippen LogP contribution in [0.1, 0.15) is 15.9 Å². The molecule has 0 saturated heterocycles. The van der Waals surface area contributed by atoms with E-state index in [2.05, 4.69) is 10.3 Å². The number of phenols is 1. The van der Waals surface area contributed by atoms with E-state index < -0.39 is 11.9 Å². The summed E-state index contributed by atoms with van der Waals surface area (Å²) in [4.78, 5) is 26.5. The Morgan fingerprint density at radius 3 is 2.71 bits per heavy atom. The molecule has 0 aliphatic heterocycles. The summed E-state index contributed by atoms with van der Waals surface area (Å²) in [6, 6.07) is 7.16. The van der Waals surface area contributed by atoms with Gasteiger partial charge in [0.1, 0.15) is 5.75 Å². The SMILES string of the molecule is O=C(/C=C/c1cccnc1)Nc1cc(C(=O)O)ccc1O. The van der Waals surface area contributed by atoms with Crippen LogP contribution in [-0.4, -0.2) is 27.1 Å². The Bertz CT molecular complexity index is 696. The zero-order chi connectivity index (χ0) is 15.2. The number of nitrogens with one attached hydrogen (secondary N) is 1. The minimum atomic E-state index is -1.14. The summed E-state index contributed by atoms with van der Waals surface area (Å²) in [7, 11) is 0. The summed E-state index contributed by atoms with van der Waals surface area (Å²) in [5.41, 5.74) is 0.756. The molecule has 2 aromatic rings. The number of benzene rings is 1. The first kappa shape index (κ1) is 14.3. The lowest BCUT2D eigenvalue weighted by molar-refractivity contribution is -0.111. The highest BCUT2D eigenvalue weighted by Gasteiger charge is 2.09. The average Bonchev–Trinajstić information content (AvgIpc) is 2.48. The summed E-state index contributed by atoms with van der Waals surface area (Å²) in [6.45, 7) is 0. The molecule has 3 N–H and O–H groups in total. The summed E-state index contributed by atoms with van der Waals surface area (Å²) in [6.07, 6.45) is 6.03. The number of aromatic carboxylic acids is 1. The highest BCUT2D eigenvalue weighted by Crippen LogP contribution is 2.24. The van der Waals surface area contributed by atoms with Gasteiger partial charge in [-0.1, -0.05) is 6.07 Å². The Labute approximate surface area is 120 Å². The number of pyridine rings is 1. The molecule has 0 atom stereocenters. The second kappa shape index (κ2) is 6.33. The maximum Gasteiger partial charge on any atom is 0.335 e. The maximum atomic E-state index is 11.7. The number of amides is 1. The normalized spacial score (nSPS) is 10.5. The molecule has 6 heteroatoms. The Kier molecular flexibility index (Phi) is 4.30. The van der Waals surface area contributed by atoms with Gasteiger partial charge in [0, 0.05) is 18.5 Å². The van der Waals surface area contributed by atoms with Gasteiger partial charge in [0.05, 0.1) is 11.3 Å². The van der Waals surface area contributed by atoms with Crippen LogP contribution < -0.4 is 5.32 Å². The second-order valence-electron chi connectivity index (χ2n) is 4.15. The van der Waals surface area contributed by atoms with E-state index in [4.69, 9.17) is 5.11 Å². The fraction of sp³-hybridized carbons (Fsp3) is 0. The first-order valence-electron chi connectivity index (χ1n) is 6.01. The second-order valence-corrected chi connectivity index (χ2v) is 4.15. The third-order valence-electron chi connectivity index (χ3n) is 2.61. The molecular weight excluding hydrogens is 272 g/mol. The molecule has 1 aromatic heterocycles. The quantitative estimate of drug-likeness (QED) is 0.590. The number of rotatable bonds is 4. The van der Waals surface area contributed by atoms with Crippen LogP contribution >= 0.6 is 0 Å². The third-order valence-corrected chi connectivity index (χ3v) is 2.61. The monoisotopic (exact) mass is 284 g/mol. The van der Waals surface area contributed by atoms with Crippen molar-refractivity contribution < 1.29 is 19.8 Å². The van der Waals surface area contributed by atoms with Gasteiger partial charge < -0.3 is 15.5 Å². The van der Waals surface area contributed by atoms with Crippen LogP contribution in [0.15, 0.2) is 48.8 Å². The van der Waals surface area contributed by atoms with Gasteiger partial charge in [0.25, 0.3) is 0 Å². The van der Waals surface area contributed by atoms with E-state index in [0.29, 0.717) is 0 Å². The highest BCUT2D eigenvalue weighted by atomic mass is 16.4. The summed E-state index contributed by atoms with van der Waals surface area (Å²) in [5, 5.41) is 20.9. The topological polar surface area (TPSA) is 99.5 Å². The molecule has 21 heavy (non-hydrogen) atoms. The Morgan fingerprint density at radius 1 is 1.24 bits per heavy atom. The Morgan fingerprint density at radius 2 is 2.05 bits per heavy atom. The number of carbonyl (C=O) groups excluding carboxylic acids is 1. The largest absolute Gasteiger partial charge is 0.506 e. The fourth-order valence-electron chi connectivity index (χ4n) is 1.59. The van der Waals surface area contributed by atoms with E-state index in [1.165, 1.54) is 24.3 Å². The minimum absolute atomic E-state index is 0.0284. The number of carbonyl (C=O) groups is 2. The molecule has 0 fully saturated rings. The Balaban J connectivity index is 2.11. The molecule has 106 valence electrons. The summed E-state index contributed by atoms with van der Waals surface area (Å²) >= 11 is 0. The first-order valence-corrected chi connectivity index (χ1v) is 6.01. The molecule has 1 aromatic carbocycles. The molecule has 0 radical (unpaired) electrons. The molecule has 0 saturated carbocycles. The van der Waals surface area contributed by atoms with Crippen LogP contribution in [-0.2, 0) is 4.79 Å². The number of nitrogens with zero attached hydrogens (tertiary/aromatic N) is 1. The van der Waals surface area contributed by atoms with Crippen LogP contribution in [0, 0.1) is 0 Å². The number of phenolic OH excluding ortho intramolecular Hbond substituents is 1. The van der Waals surface area contributed by atoms with E-state index in [0.717, 1.165) is 5.56 Å². The van der Waals surface area contributed by atoms with Gasteiger partial charge in [-0.3, -0.25) is 9.78 Å². The molecule has 2 rings (SSSR count). The number of aromatic nitrogens is 1. The van der Waals surface area contributed by atoms with E-state index in [9.17, 15) is 14.7 Å². The molecule has 0 aliphatic carbocycles. The molecular formula is C15H12N2O4. The average molecular weight is 284 g/mol. The number of hydrogen-bond donors (Lipinski definition) is 3. The van der Waals surface area contributed by atoms with E-state index in [1.54, 1.807) is 30.6 Å². The molecule has 1 heterocycles. The van der Waals surface area contributed by atoms with Crippen molar-refractivity contribution in [2.75, 3.05) is 5.32 Å². The van der Waals surface area contributed by atoms with Crippen molar-refractivity contribution in [1.82, 2.24) is 4.98 Å². The van der Waals surface area contributed by atoms with E-state index >= 15 is 0 Å². The lowest BCUT2D eigenvalue weighted by Gasteiger charge is -2.06. The zero-order valence-corrected chi connectivity index (χ0v) is 10.9. The van der Waals surface area contributed by atoms with Crippen LogP contribution in [0.3, 0.4) is 0 Å². The lowest BCUT2D eigenvalue weighted by Crippen LogP contribution is -2.09. The van der Waals surface area contributed by atoms with Crippen LogP contribution in [0.2, 0.25) is 0 Å². The summed E-state index contributed by atoms with van der Waals surface area (Å²) < 4.78 is 0. The van der Waals surface area contributed by atoms with Gasteiger partial charge in [0.2, 0.25) is 5.91 Å². The highest BCUT2D eigenvalue weighted by molar-refractivity contribution is 6.03. The van der Waals surface area contributed by atoms with Gasteiger partial charge in [-0.2, -0.15) is 0 Å². The number of anilines is 1. The molecule has 0 unspecified atom stereocenters. The summed E-state index contributed by atoms with van der Waals surface area (Å²) in [5.74, 6) is -1.84. The van der Waals surface area contributed by atoms with Crippen LogP contribution in [0.5, 0.6) is 5.75 Å². The van der Waals surface area contributed by atoms with Gasteiger partial charge in [-0.15, -0.1) is 0 Å². The van der Waals surface area contributed by atoms with Crippen molar-refractivity contribution in [3.05, 3.63) is 59.9 Å². The molecule has 0 aliphatic rings. The number of aromatic hydroxyl groups is 1. The number of hydrogen-bond acceptors (Lipinski definition) is 4. The van der Waals surface area contributed by atoms with E-state index in [-0.39, 0.29) is 17.0 Å². The lowest BCUT2D eigenvalue weighted by atomic mass is 10.2. The van der Waals surface area contributed by atoms with E-state index in [1.807, 2.05) is 0 Å². The molecule has 0 bridgehead atoms. The molecule has 1 amide bonds. The van der Waals surface area contributed by atoms with Crippen molar-refractivity contribution in [2.24, 2.45) is 0 Å². The van der Waals surface area contributed by atoms with Crippen LogP contribution in [0.4, 0.5) is 5.69 Å². The van der Waals surface area contributed by atoms with Gasteiger partial charge in [-0.25, -0.2) is 4.79 Å². The van der Waals surface area contributed by atoms with Crippen LogP contribution in [0.25, 0.3) is 6.08 Å². The first-order chi connectivity index (χ1) is 10.1. The number of carboxylic acid groups (broad SMARTS) is 1. The maximum absolute atomic E-state index is 11.7. The smallest absolute Gasteiger partial charge is 0.335 e. The predicted molar refractivity (Wildman–Crippen MR) is 77.0 cm³/mol. The van der Waals surface area contributed by atoms with Crippen molar-refractivity contribution in [1.29, 1.82) is 0 Å².